The Morgan fingerprint density at radius 1 is 1.19 bits per heavy atom. The first-order chi connectivity index (χ1) is 14.8. The molecule has 1 N–H and O–H groups in total. The topological polar surface area (TPSA) is 106 Å². The van der Waals surface area contributed by atoms with Gasteiger partial charge in [0.25, 0.3) is 0 Å². The lowest BCUT2D eigenvalue weighted by atomic mass is 10.3. The van der Waals surface area contributed by atoms with Gasteiger partial charge in [-0.25, -0.2) is 22.9 Å². The predicted molar refractivity (Wildman–Crippen MR) is 116 cm³/mol. The molecule has 0 saturated carbocycles. The third-order valence-corrected chi connectivity index (χ3v) is 5.63. The van der Waals surface area contributed by atoms with Gasteiger partial charge >= 0.3 is 6.03 Å². The van der Waals surface area contributed by atoms with Crippen molar-refractivity contribution in [2.24, 2.45) is 0 Å². The van der Waals surface area contributed by atoms with Crippen molar-refractivity contribution < 1.29 is 17.9 Å². The van der Waals surface area contributed by atoms with Crippen LogP contribution in [-0.2, 0) is 16.4 Å². The van der Waals surface area contributed by atoms with E-state index in [1.54, 1.807) is 41.2 Å². The summed E-state index contributed by atoms with van der Waals surface area (Å²) in [6.45, 7) is 1.30. The maximum atomic E-state index is 12.2. The molecule has 0 bridgehead atoms. The number of carbonyl (C=O) groups excluding carboxylic acids is 1. The molecule has 0 unspecified atom stereocenters. The second kappa shape index (κ2) is 10.1. The van der Waals surface area contributed by atoms with Gasteiger partial charge in [-0.1, -0.05) is 6.07 Å². The molecule has 0 atom stereocenters. The Morgan fingerprint density at radius 3 is 2.58 bits per heavy atom. The van der Waals surface area contributed by atoms with E-state index in [0.29, 0.717) is 37.7 Å². The molecule has 0 aliphatic carbocycles. The van der Waals surface area contributed by atoms with Crippen molar-refractivity contribution in [3.05, 3.63) is 66.6 Å². The molecule has 164 valence electrons. The number of amides is 2. The van der Waals surface area contributed by atoms with E-state index < -0.39 is 9.84 Å². The minimum atomic E-state index is -3.22. The number of aromatic nitrogens is 3. The summed E-state index contributed by atoms with van der Waals surface area (Å²) in [6.07, 6.45) is 7.01. The molecule has 10 heteroatoms. The predicted octanol–water partition coefficient (Wildman–Crippen LogP) is 2.28. The van der Waals surface area contributed by atoms with E-state index in [9.17, 15) is 13.2 Å². The number of hydrogen-bond donors (Lipinski definition) is 1. The van der Waals surface area contributed by atoms with Crippen molar-refractivity contribution in [1.82, 2.24) is 25.0 Å². The van der Waals surface area contributed by atoms with Crippen LogP contribution >= 0.6 is 0 Å². The first-order valence-electron chi connectivity index (χ1n) is 9.70. The van der Waals surface area contributed by atoms with E-state index in [0.717, 1.165) is 11.8 Å². The molecule has 0 saturated heterocycles. The highest BCUT2D eigenvalue weighted by atomic mass is 32.2. The number of pyridine rings is 1. The number of benzene rings is 1. The zero-order valence-corrected chi connectivity index (χ0v) is 18.2. The lowest BCUT2D eigenvalue weighted by Gasteiger charge is -2.18. The number of sulfone groups is 1. The molecule has 0 aliphatic heterocycles. The van der Waals surface area contributed by atoms with Gasteiger partial charge in [0, 0.05) is 45.0 Å². The summed E-state index contributed by atoms with van der Waals surface area (Å²) < 4.78 is 30.2. The summed E-state index contributed by atoms with van der Waals surface area (Å²) in [5, 5.41) is 6.98. The van der Waals surface area contributed by atoms with Gasteiger partial charge in [0.15, 0.2) is 15.7 Å². The van der Waals surface area contributed by atoms with Gasteiger partial charge in [-0.3, -0.25) is 0 Å². The fourth-order valence-corrected chi connectivity index (χ4v) is 3.38. The van der Waals surface area contributed by atoms with Crippen molar-refractivity contribution >= 4 is 15.9 Å². The monoisotopic (exact) mass is 443 g/mol. The van der Waals surface area contributed by atoms with Gasteiger partial charge in [0.05, 0.1) is 11.5 Å². The number of ether oxygens (including phenoxy) is 1. The Bertz CT molecular complexity index is 1080. The fraction of sp³-hybridized carbons (Fsp3) is 0.286. The molecular weight excluding hydrogens is 418 g/mol. The van der Waals surface area contributed by atoms with Crippen LogP contribution in [0.1, 0.15) is 12.0 Å². The van der Waals surface area contributed by atoms with Crippen LogP contribution in [0.2, 0.25) is 0 Å². The summed E-state index contributed by atoms with van der Waals surface area (Å²) in [5.41, 5.74) is 0.888. The second-order valence-electron chi connectivity index (χ2n) is 7.00. The zero-order chi connectivity index (χ0) is 22.3. The van der Waals surface area contributed by atoms with Crippen molar-refractivity contribution in [1.29, 1.82) is 0 Å². The molecule has 9 nitrogen and oxygen atoms in total. The summed E-state index contributed by atoms with van der Waals surface area (Å²) >= 11 is 0. The Morgan fingerprint density at radius 2 is 1.97 bits per heavy atom. The number of rotatable bonds is 9. The van der Waals surface area contributed by atoms with E-state index in [1.165, 1.54) is 12.1 Å². The molecule has 2 aromatic heterocycles. The number of hydrogen-bond acceptors (Lipinski definition) is 6. The highest BCUT2D eigenvalue weighted by Crippen LogP contribution is 2.16. The van der Waals surface area contributed by atoms with E-state index in [1.807, 2.05) is 24.4 Å². The quantitative estimate of drug-likeness (QED) is 0.509. The highest BCUT2D eigenvalue weighted by molar-refractivity contribution is 7.90. The number of nitrogens with zero attached hydrogens (tertiary/aromatic N) is 4. The summed E-state index contributed by atoms with van der Waals surface area (Å²) in [6, 6.07) is 11.7. The van der Waals surface area contributed by atoms with Crippen molar-refractivity contribution in [3.63, 3.8) is 0 Å². The van der Waals surface area contributed by atoms with Crippen LogP contribution in [0.5, 0.6) is 5.75 Å². The number of carbonyl (C=O) groups is 1. The lowest BCUT2D eigenvalue weighted by Crippen LogP contribution is -2.37. The minimum Gasteiger partial charge on any atom is -0.494 e. The summed E-state index contributed by atoms with van der Waals surface area (Å²) in [7, 11) is -1.50. The van der Waals surface area contributed by atoms with Crippen molar-refractivity contribution in [2.75, 3.05) is 26.5 Å². The Hall–Kier alpha value is -3.40. The Labute approximate surface area is 181 Å². The molecule has 2 heterocycles. The SMILES string of the molecule is CN(CCCOc1ccc(S(C)(=O)=O)cc1)C(=O)NCc1ccc(-n2cccn2)nc1. The van der Waals surface area contributed by atoms with Crippen LogP contribution < -0.4 is 10.1 Å². The number of urea groups is 1. The van der Waals surface area contributed by atoms with E-state index in [-0.39, 0.29) is 10.9 Å². The van der Waals surface area contributed by atoms with Crippen LogP contribution in [0.15, 0.2) is 66.0 Å². The van der Waals surface area contributed by atoms with E-state index in [4.69, 9.17) is 4.74 Å². The van der Waals surface area contributed by atoms with Gasteiger partial charge < -0.3 is 15.0 Å². The minimum absolute atomic E-state index is 0.186. The molecule has 31 heavy (non-hydrogen) atoms. The van der Waals surface area contributed by atoms with E-state index >= 15 is 0 Å². The van der Waals surface area contributed by atoms with Gasteiger partial charge in [0.1, 0.15) is 5.75 Å². The summed E-state index contributed by atoms with van der Waals surface area (Å²) in [5.74, 6) is 1.30. The van der Waals surface area contributed by atoms with Crippen molar-refractivity contribution in [3.8, 4) is 11.6 Å². The summed E-state index contributed by atoms with van der Waals surface area (Å²) in [4.78, 5) is 18.4. The Balaban J connectivity index is 1.36. The molecule has 3 rings (SSSR count). The Kier molecular flexibility index (Phi) is 7.24. The maximum Gasteiger partial charge on any atom is 0.317 e. The first-order valence-corrected chi connectivity index (χ1v) is 11.6. The van der Waals surface area contributed by atoms with E-state index in [2.05, 4.69) is 15.4 Å². The normalized spacial score (nSPS) is 11.2. The standard InChI is InChI=1S/C21H25N5O4S/c1-25(12-4-14-30-18-6-8-19(9-7-18)31(2,28)29)21(27)23-16-17-5-10-20(22-15-17)26-13-3-11-24-26/h3,5-11,13,15H,4,12,14,16H2,1-2H3,(H,23,27). The molecule has 0 radical (unpaired) electrons. The third-order valence-electron chi connectivity index (χ3n) is 4.50. The van der Waals surface area contributed by atoms with Gasteiger partial charge in [0.2, 0.25) is 0 Å². The largest absolute Gasteiger partial charge is 0.494 e. The van der Waals surface area contributed by atoms with Crippen LogP contribution in [0, 0.1) is 0 Å². The van der Waals surface area contributed by atoms with Gasteiger partial charge in [-0.05, 0) is 48.4 Å². The van der Waals surface area contributed by atoms with Crippen LogP contribution in [-0.4, -0.2) is 60.6 Å². The van der Waals surface area contributed by atoms with Crippen molar-refractivity contribution in [2.45, 2.75) is 17.9 Å². The smallest absolute Gasteiger partial charge is 0.317 e. The molecule has 1 aromatic carbocycles. The lowest BCUT2D eigenvalue weighted by molar-refractivity contribution is 0.203. The maximum absolute atomic E-state index is 12.2. The molecule has 3 aromatic rings. The first kappa shape index (κ1) is 22.3. The van der Waals surface area contributed by atoms with Crippen LogP contribution in [0.25, 0.3) is 5.82 Å². The average Bonchev–Trinajstić information content (AvgIpc) is 3.30. The van der Waals surface area contributed by atoms with Crippen LogP contribution in [0.3, 0.4) is 0 Å². The molecule has 0 fully saturated rings. The third kappa shape index (κ3) is 6.54. The van der Waals surface area contributed by atoms with Crippen LogP contribution in [0.4, 0.5) is 4.79 Å². The molecule has 0 spiro atoms. The zero-order valence-electron chi connectivity index (χ0n) is 17.4. The molecule has 0 aliphatic rings. The molecular formula is C21H25N5O4S. The van der Waals surface area contributed by atoms with Gasteiger partial charge in [-0.2, -0.15) is 5.10 Å². The number of nitrogens with one attached hydrogen (secondary N) is 1. The second-order valence-corrected chi connectivity index (χ2v) is 9.02. The highest BCUT2D eigenvalue weighted by Gasteiger charge is 2.09. The average molecular weight is 444 g/mol. The van der Waals surface area contributed by atoms with Gasteiger partial charge in [-0.15, -0.1) is 0 Å². The fourth-order valence-electron chi connectivity index (χ4n) is 2.75. The molecule has 2 amide bonds.